The lowest BCUT2D eigenvalue weighted by molar-refractivity contribution is 0.103. The number of hydrogen-bond acceptors (Lipinski definition) is 4. The fourth-order valence-electron chi connectivity index (χ4n) is 1.56. The molecule has 0 unspecified atom stereocenters. The summed E-state index contributed by atoms with van der Waals surface area (Å²) in [6, 6.07) is 9.37. The number of carbonyl (C=O) groups is 1. The van der Waals surface area contributed by atoms with Crippen LogP contribution in [0.25, 0.3) is 0 Å². The minimum absolute atomic E-state index is 0.126. The second-order valence-corrected chi connectivity index (χ2v) is 4.86. The molecule has 0 aliphatic carbocycles. The van der Waals surface area contributed by atoms with Crippen molar-refractivity contribution in [3.8, 4) is 0 Å². The highest BCUT2D eigenvalue weighted by atomic mass is 32.1. The molecule has 4 nitrogen and oxygen atoms in total. The van der Waals surface area contributed by atoms with Crippen LogP contribution in [0.2, 0.25) is 0 Å². The van der Waals surface area contributed by atoms with Gasteiger partial charge in [0.2, 0.25) is 0 Å². The highest BCUT2D eigenvalue weighted by molar-refractivity contribution is 7.13. The van der Waals surface area contributed by atoms with E-state index in [4.69, 9.17) is 4.74 Å². The second-order valence-electron chi connectivity index (χ2n) is 3.78. The lowest BCUT2D eigenvalue weighted by Gasteiger charge is -2.02. The Hall–Kier alpha value is -1.72. The molecule has 1 aromatic carbocycles. The number of nitrogens with one attached hydrogen (secondary N) is 1. The van der Waals surface area contributed by atoms with Gasteiger partial charge in [-0.25, -0.2) is 4.98 Å². The zero-order chi connectivity index (χ0) is 13.0. The van der Waals surface area contributed by atoms with Gasteiger partial charge < -0.3 is 10.1 Å². The zero-order valence-electron chi connectivity index (χ0n) is 10.3. The van der Waals surface area contributed by atoms with Gasteiger partial charge in [-0.3, -0.25) is 4.79 Å². The topological polar surface area (TPSA) is 51.2 Å². The van der Waals surface area contributed by atoms with Gasteiger partial charge in [-0.2, -0.15) is 0 Å². The third-order valence-corrected chi connectivity index (χ3v) is 3.48. The highest BCUT2D eigenvalue weighted by Gasteiger charge is 2.15. The number of rotatable bonds is 4. The summed E-state index contributed by atoms with van der Waals surface area (Å²) in [6.45, 7) is 2.26. The first-order valence-electron chi connectivity index (χ1n) is 5.52. The smallest absolute Gasteiger partial charge is 0.267 e. The fourth-order valence-corrected chi connectivity index (χ4v) is 2.49. The minimum atomic E-state index is -0.126. The van der Waals surface area contributed by atoms with Gasteiger partial charge in [0, 0.05) is 12.8 Å². The first-order valence-corrected chi connectivity index (χ1v) is 6.34. The van der Waals surface area contributed by atoms with Gasteiger partial charge in [0.25, 0.3) is 5.91 Å². The summed E-state index contributed by atoms with van der Waals surface area (Å²) < 4.78 is 5.01. The lowest BCUT2D eigenvalue weighted by Crippen LogP contribution is -2.11. The minimum Gasteiger partial charge on any atom is -0.378 e. The van der Waals surface area contributed by atoms with Crippen LogP contribution in [0.4, 0.5) is 5.69 Å². The third kappa shape index (κ3) is 2.94. The number of aromatic nitrogens is 1. The molecule has 0 atom stereocenters. The summed E-state index contributed by atoms with van der Waals surface area (Å²) in [7, 11) is 1.61. The van der Waals surface area contributed by atoms with E-state index < -0.39 is 0 Å². The van der Waals surface area contributed by atoms with E-state index in [1.807, 2.05) is 37.3 Å². The Morgan fingerprint density at radius 3 is 2.78 bits per heavy atom. The maximum Gasteiger partial charge on any atom is 0.267 e. The fraction of sp³-hybridized carbons (Fsp3) is 0.231. The van der Waals surface area contributed by atoms with Crippen molar-refractivity contribution in [2.24, 2.45) is 0 Å². The summed E-state index contributed by atoms with van der Waals surface area (Å²) in [5.41, 5.74) is 1.52. The standard InChI is InChI=1S/C13H14N2O2S/c1-9-12(18-11(14-9)8-17-2)13(16)15-10-6-4-3-5-7-10/h3-7H,8H2,1-2H3,(H,15,16). The molecule has 1 amide bonds. The van der Waals surface area contributed by atoms with E-state index in [0.29, 0.717) is 11.5 Å². The van der Waals surface area contributed by atoms with Gasteiger partial charge in [-0.15, -0.1) is 11.3 Å². The first-order chi connectivity index (χ1) is 8.70. The molecule has 18 heavy (non-hydrogen) atoms. The predicted octanol–water partition coefficient (Wildman–Crippen LogP) is 2.85. The van der Waals surface area contributed by atoms with Crippen molar-refractivity contribution in [2.75, 3.05) is 12.4 Å². The molecule has 1 N–H and O–H groups in total. The molecule has 0 radical (unpaired) electrons. The van der Waals surface area contributed by atoms with E-state index in [2.05, 4.69) is 10.3 Å². The molecule has 2 rings (SSSR count). The molecule has 0 aliphatic rings. The highest BCUT2D eigenvalue weighted by Crippen LogP contribution is 2.20. The number of carbonyl (C=O) groups excluding carboxylic acids is 1. The van der Waals surface area contributed by atoms with Crippen molar-refractivity contribution in [1.82, 2.24) is 4.98 Å². The third-order valence-electron chi connectivity index (χ3n) is 2.35. The van der Waals surface area contributed by atoms with E-state index in [1.165, 1.54) is 11.3 Å². The van der Waals surface area contributed by atoms with Gasteiger partial charge in [0.1, 0.15) is 9.88 Å². The number of benzene rings is 1. The zero-order valence-corrected chi connectivity index (χ0v) is 11.1. The van der Waals surface area contributed by atoms with Crippen LogP contribution in [0.1, 0.15) is 20.4 Å². The van der Waals surface area contributed by atoms with Crippen LogP contribution in [0, 0.1) is 6.92 Å². The van der Waals surface area contributed by atoms with E-state index in [0.717, 1.165) is 16.4 Å². The Morgan fingerprint density at radius 1 is 1.39 bits per heavy atom. The average Bonchev–Trinajstić information content (AvgIpc) is 2.72. The summed E-state index contributed by atoms with van der Waals surface area (Å²) in [5, 5.41) is 3.66. The van der Waals surface area contributed by atoms with Crippen molar-refractivity contribution in [1.29, 1.82) is 0 Å². The molecular weight excluding hydrogens is 248 g/mol. The van der Waals surface area contributed by atoms with Gasteiger partial charge in [-0.05, 0) is 19.1 Å². The Morgan fingerprint density at radius 2 is 2.11 bits per heavy atom. The van der Waals surface area contributed by atoms with Gasteiger partial charge in [0.05, 0.1) is 12.3 Å². The molecular formula is C13H14N2O2S. The molecule has 0 saturated heterocycles. The maximum absolute atomic E-state index is 12.1. The molecule has 1 aromatic heterocycles. The van der Waals surface area contributed by atoms with Crippen molar-refractivity contribution in [2.45, 2.75) is 13.5 Å². The molecule has 1 heterocycles. The molecule has 0 fully saturated rings. The van der Waals surface area contributed by atoms with Crippen molar-refractivity contribution in [3.63, 3.8) is 0 Å². The van der Waals surface area contributed by atoms with Crippen LogP contribution >= 0.6 is 11.3 Å². The van der Waals surface area contributed by atoms with Crippen LogP contribution in [-0.4, -0.2) is 18.0 Å². The van der Waals surface area contributed by atoms with Crippen LogP contribution in [0.5, 0.6) is 0 Å². The Kier molecular flexibility index (Phi) is 4.07. The number of thiazole rings is 1. The number of aryl methyl sites for hydroxylation is 1. The van der Waals surface area contributed by atoms with E-state index >= 15 is 0 Å². The molecule has 0 aliphatic heterocycles. The first kappa shape index (κ1) is 12.7. The summed E-state index contributed by atoms with van der Waals surface area (Å²) >= 11 is 1.36. The predicted molar refractivity (Wildman–Crippen MR) is 72.0 cm³/mol. The molecule has 0 spiro atoms. The number of para-hydroxylation sites is 1. The summed E-state index contributed by atoms with van der Waals surface area (Å²) in [6.07, 6.45) is 0. The van der Waals surface area contributed by atoms with Crippen LogP contribution in [0.3, 0.4) is 0 Å². The van der Waals surface area contributed by atoms with Crippen molar-refractivity contribution >= 4 is 22.9 Å². The van der Waals surface area contributed by atoms with Crippen LogP contribution in [-0.2, 0) is 11.3 Å². The largest absolute Gasteiger partial charge is 0.378 e. The van der Waals surface area contributed by atoms with E-state index in [-0.39, 0.29) is 5.91 Å². The number of nitrogens with zero attached hydrogens (tertiary/aromatic N) is 1. The second kappa shape index (κ2) is 5.75. The number of anilines is 1. The average molecular weight is 262 g/mol. The lowest BCUT2D eigenvalue weighted by atomic mass is 10.3. The van der Waals surface area contributed by atoms with E-state index in [9.17, 15) is 4.79 Å². The summed E-state index contributed by atoms with van der Waals surface area (Å²) in [4.78, 5) is 17.0. The SMILES string of the molecule is COCc1nc(C)c(C(=O)Nc2ccccc2)s1. The van der Waals surface area contributed by atoms with Crippen molar-refractivity contribution < 1.29 is 9.53 Å². The van der Waals surface area contributed by atoms with Crippen molar-refractivity contribution in [3.05, 3.63) is 45.9 Å². The number of ether oxygens (including phenoxy) is 1. The van der Waals surface area contributed by atoms with Crippen LogP contribution < -0.4 is 5.32 Å². The molecule has 2 aromatic rings. The number of methoxy groups -OCH3 is 1. The Bertz CT molecular complexity index is 537. The molecule has 94 valence electrons. The monoisotopic (exact) mass is 262 g/mol. The van der Waals surface area contributed by atoms with Gasteiger partial charge in [0.15, 0.2) is 0 Å². The van der Waals surface area contributed by atoms with E-state index in [1.54, 1.807) is 7.11 Å². The molecule has 0 bridgehead atoms. The summed E-state index contributed by atoms with van der Waals surface area (Å²) in [5.74, 6) is -0.126. The molecule has 0 saturated carbocycles. The van der Waals surface area contributed by atoms with Gasteiger partial charge >= 0.3 is 0 Å². The maximum atomic E-state index is 12.1. The molecule has 5 heteroatoms. The number of hydrogen-bond donors (Lipinski definition) is 1. The number of amides is 1. The van der Waals surface area contributed by atoms with Crippen LogP contribution in [0.15, 0.2) is 30.3 Å². The normalized spacial score (nSPS) is 10.3. The van der Waals surface area contributed by atoms with Gasteiger partial charge in [-0.1, -0.05) is 18.2 Å². The quantitative estimate of drug-likeness (QED) is 0.921. The Labute approximate surface area is 110 Å². The Balaban J connectivity index is 2.14.